The minimum Gasteiger partial charge on any atom is -0.481 e. The van der Waals surface area contributed by atoms with Crippen molar-refractivity contribution in [3.63, 3.8) is 0 Å². The molecule has 0 aromatic carbocycles. The fourth-order valence-electron chi connectivity index (χ4n) is 3.78. The Labute approximate surface area is 132 Å². The normalized spacial score (nSPS) is 32.8. The highest BCUT2D eigenvalue weighted by Crippen LogP contribution is 2.30. The number of aliphatic carboxylic acids is 1. The Morgan fingerprint density at radius 2 is 1.68 bits per heavy atom. The van der Waals surface area contributed by atoms with Crippen LogP contribution < -0.4 is 0 Å². The third-order valence-corrected chi connectivity index (χ3v) is 5.31. The number of hydrogen-bond acceptors (Lipinski definition) is 5. The van der Waals surface area contributed by atoms with Gasteiger partial charge in [-0.25, -0.2) is 0 Å². The molecular formula is C16H28N2O4. The maximum Gasteiger partial charge on any atom is 0.306 e. The molecule has 0 bridgehead atoms. The van der Waals surface area contributed by atoms with Crippen molar-refractivity contribution in [3.8, 4) is 0 Å². The molecule has 0 spiro atoms. The molecule has 6 nitrogen and oxygen atoms in total. The fraction of sp³-hybridized carbons (Fsp3) is 0.938. The van der Waals surface area contributed by atoms with Gasteiger partial charge in [0.05, 0.1) is 18.1 Å². The number of nitrogens with zero attached hydrogens (tertiary/aromatic N) is 2. The molecule has 2 saturated heterocycles. The molecule has 3 fully saturated rings. The van der Waals surface area contributed by atoms with Gasteiger partial charge in [-0.15, -0.1) is 0 Å². The molecule has 2 heterocycles. The Hall–Kier alpha value is -0.690. The summed E-state index contributed by atoms with van der Waals surface area (Å²) in [7, 11) is 1.76. The molecule has 0 aromatic rings. The second-order valence-electron chi connectivity index (χ2n) is 6.83. The van der Waals surface area contributed by atoms with Crippen LogP contribution in [0.1, 0.15) is 38.5 Å². The molecule has 22 heavy (non-hydrogen) atoms. The van der Waals surface area contributed by atoms with Gasteiger partial charge in [-0.1, -0.05) is 0 Å². The average molecular weight is 312 g/mol. The summed E-state index contributed by atoms with van der Waals surface area (Å²) in [5, 5.41) is 9.10. The summed E-state index contributed by atoms with van der Waals surface area (Å²) in [5.74, 6) is -0.827. The first-order valence-electron chi connectivity index (χ1n) is 8.56. The Balaban J connectivity index is 1.53. The fourth-order valence-corrected chi connectivity index (χ4v) is 3.78. The van der Waals surface area contributed by atoms with Gasteiger partial charge in [0.2, 0.25) is 0 Å². The molecule has 1 N–H and O–H groups in total. The number of carbonyl (C=O) groups is 1. The van der Waals surface area contributed by atoms with Gasteiger partial charge in [-0.2, -0.15) is 0 Å². The Morgan fingerprint density at radius 1 is 1.05 bits per heavy atom. The third kappa shape index (κ3) is 3.62. The lowest BCUT2D eigenvalue weighted by Gasteiger charge is -2.47. The minimum absolute atomic E-state index is 0.0558. The molecule has 3 rings (SSSR count). The van der Waals surface area contributed by atoms with Gasteiger partial charge in [-0.3, -0.25) is 14.6 Å². The lowest BCUT2D eigenvalue weighted by molar-refractivity contribution is -0.221. The van der Waals surface area contributed by atoms with Crippen molar-refractivity contribution in [1.29, 1.82) is 0 Å². The van der Waals surface area contributed by atoms with Crippen LogP contribution in [0.3, 0.4) is 0 Å². The van der Waals surface area contributed by atoms with Crippen LogP contribution >= 0.6 is 0 Å². The molecule has 1 saturated carbocycles. The number of rotatable bonds is 6. The number of likely N-dealkylation sites (tertiary alicyclic amines) is 2. The maximum atomic E-state index is 11.1. The van der Waals surface area contributed by atoms with Crippen LogP contribution in [0.5, 0.6) is 0 Å². The zero-order valence-electron chi connectivity index (χ0n) is 13.4. The van der Waals surface area contributed by atoms with E-state index in [4.69, 9.17) is 14.6 Å². The Morgan fingerprint density at radius 3 is 2.23 bits per heavy atom. The van der Waals surface area contributed by atoms with E-state index in [1.165, 1.54) is 12.8 Å². The standard InChI is InChI=1S/C16H28N2O4/c1-21-14-10-18(11-14)16(17-8-2-3-9-17)22-13-6-4-12(5-7-13)15(19)20/h12-14,16H,2-11H2,1H3,(H,19,20). The number of carboxylic acid groups (broad SMARTS) is 1. The quantitative estimate of drug-likeness (QED) is 0.799. The van der Waals surface area contributed by atoms with Crippen LogP contribution in [-0.2, 0) is 14.3 Å². The zero-order chi connectivity index (χ0) is 15.5. The Bertz CT molecular complexity index is 372. The lowest BCUT2D eigenvalue weighted by atomic mass is 9.87. The van der Waals surface area contributed by atoms with E-state index in [0.717, 1.165) is 51.9 Å². The van der Waals surface area contributed by atoms with Crippen molar-refractivity contribution in [2.24, 2.45) is 5.92 Å². The summed E-state index contributed by atoms with van der Waals surface area (Å²) in [4.78, 5) is 15.8. The van der Waals surface area contributed by atoms with Gasteiger partial charge in [-0.05, 0) is 38.5 Å². The van der Waals surface area contributed by atoms with Gasteiger partial charge in [0.15, 0.2) is 6.35 Å². The van der Waals surface area contributed by atoms with Crippen LogP contribution in [0, 0.1) is 5.92 Å². The highest BCUT2D eigenvalue weighted by atomic mass is 16.5. The summed E-state index contributed by atoms with van der Waals surface area (Å²) in [6.45, 7) is 4.07. The van der Waals surface area contributed by atoms with Crippen LogP contribution in [0.2, 0.25) is 0 Å². The SMILES string of the molecule is COC1CN(C(OC2CCC(C(=O)O)CC2)N2CCCC2)C1. The molecule has 0 aromatic heterocycles. The van der Waals surface area contributed by atoms with Gasteiger partial charge >= 0.3 is 5.97 Å². The summed E-state index contributed by atoms with van der Waals surface area (Å²) in [5.41, 5.74) is 0. The van der Waals surface area contributed by atoms with Crippen molar-refractivity contribution in [1.82, 2.24) is 9.80 Å². The monoisotopic (exact) mass is 312 g/mol. The van der Waals surface area contributed by atoms with E-state index in [0.29, 0.717) is 6.10 Å². The molecule has 126 valence electrons. The molecule has 1 aliphatic carbocycles. The predicted octanol–water partition coefficient (Wildman–Crippen LogP) is 1.36. The second-order valence-corrected chi connectivity index (χ2v) is 6.83. The molecule has 3 aliphatic rings. The number of methoxy groups -OCH3 is 1. The summed E-state index contributed by atoms with van der Waals surface area (Å²) >= 11 is 0. The highest BCUT2D eigenvalue weighted by molar-refractivity contribution is 5.70. The Kier molecular flexibility index (Phi) is 5.33. The molecule has 2 aliphatic heterocycles. The van der Waals surface area contributed by atoms with E-state index in [-0.39, 0.29) is 18.4 Å². The summed E-state index contributed by atoms with van der Waals surface area (Å²) in [6.07, 6.45) is 6.28. The largest absolute Gasteiger partial charge is 0.481 e. The van der Waals surface area contributed by atoms with Gasteiger partial charge in [0.1, 0.15) is 0 Å². The molecule has 0 amide bonds. The van der Waals surface area contributed by atoms with Crippen LogP contribution in [0.25, 0.3) is 0 Å². The van der Waals surface area contributed by atoms with Crippen LogP contribution in [-0.4, -0.2) is 72.7 Å². The van der Waals surface area contributed by atoms with Gasteiger partial charge in [0, 0.05) is 33.3 Å². The number of carboxylic acids is 1. The zero-order valence-corrected chi connectivity index (χ0v) is 13.4. The van der Waals surface area contributed by atoms with E-state index in [9.17, 15) is 4.79 Å². The lowest BCUT2D eigenvalue weighted by Crippen LogP contribution is -2.62. The first-order valence-corrected chi connectivity index (χ1v) is 8.56. The number of hydrogen-bond donors (Lipinski definition) is 1. The smallest absolute Gasteiger partial charge is 0.306 e. The van der Waals surface area contributed by atoms with Crippen molar-refractivity contribution < 1.29 is 19.4 Å². The summed E-state index contributed by atoms with van der Waals surface area (Å²) in [6, 6.07) is 0. The first kappa shape index (κ1) is 16.2. The van der Waals surface area contributed by atoms with E-state index >= 15 is 0 Å². The van der Waals surface area contributed by atoms with Crippen molar-refractivity contribution in [2.45, 2.75) is 57.1 Å². The maximum absolute atomic E-state index is 11.1. The minimum atomic E-state index is -0.653. The van der Waals surface area contributed by atoms with Crippen molar-refractivity contribution >= 4 is 5.97 Å². The van der Waals surface area contributed by atoms with Crippen molar-refractivity contribution in [2.75, 3.05) is 33.3 Å². The van der Waals surface area contributed by atoms with Crippen LogP contribution in [0.15, 0.2) is 0 Å². The highest BCUT2D eigenvalue weighted by Gasteiger charge is 2.39. The van der Waals surface area contributed by atoms with E-state index in [1.807, 2.05) is 0 Å². The van der Waals surface area contributed by atoms with Gasteiger partial charge < -0.3 is 14.6 Å². The van der Waals surface area contributed by atoms with Crippen molar-refractivity contribution in [3.05, 3.63) is 0 Å². The molecule has 1 unspecified atom stereocenters. The van der Waals surface area contributed by atoms with Crippen LogP contribution in [0.4, 0.5) is 0 Å². The van der Waals surface area contributed by atoms with E-state index in [1.54, 1.807) is 7.11 Å². The first-order chi connectivity index (χ1) is 10.7. The van der Waals surface area contributed by atoms with E-state index in [2.05, 4.69) is 9.80 Å². The summed E-state index contributed by atoms with van der Waals surface area (Å²) < 4.78 is 11.8. The second kappa shape index (κ2) is 7.25. The third-order valence-electron chi connectivity index (χ3n) is 5.31. The molecule has 1 atom stereocenters. The average Bonchev–Trinajstić information content (AvgIpc) is 2.99. The molecular weight excluding hydrogens is 284 g/mol. The topological polar surface area (TPSA) is 62.2 Å². The van der Waals surface area contributed by atoms with E-state index < -0.39 is 5.97 Å². The molecule has 0 radical (unpaired) electrons. The van der Waals surface area contributed by atoms with Gasteiger partial charge in [0.25, 0.3) is 0 Å². The number of ether oxygens (including phenoxy) is 2. The molecule has 6 heteroatoms. The predicted molar refractivity (Wildman–Crippen MR) is 81.4 cm³/mol.